The molecule has 0 saturated heterocycles. The minimum atomic E-state index is 1.23. The van der Waals surface area contributed by atoms with Gasteiger partial charge in [-0.3, -0.25) is 0 Å². The second-order valence-corrected chi connectivity index (χ2v) is 13.6. The highest BCUT2D eigenvalue weighted by molar-refractivity contribution is 7.25. The summed E-state index contributed by atoms with van der Waals surface area (Å²) in [5.74, 6) is 0. The molecule has 0 aliphatic heterocycles. The van der Waals surface area contributed by atoms with Crippen molar-refractivity contribution in [2.45, 2.75) is 0 Å². The Morgan fingerprint density at radius 2 is 0.723 bits per heavy atom. The summed E-state index contributed by atoms with van der Waals surface area (Å²) in [7, 11) is 0. The van der Waals surface area contributed by atoms with Crippen molar-refractivity contribution in [1.29, 1.82) is 0 Å². The summed E-state index contributed by atoms with van der Waals surface area (Å²) in [6, 6.07) is 62.8. The molecule has 0 aliphatic rings. The van der Waals surface area contributed by atoms with E-state index in [0.29, 0.717) is 0 Å². The summed E-state index contributed by atoms with van der Waals surface area (Å²) >= 11 is 1.89. The molecule has 9 aromatic carbocycles. The van der Waals surface area contributed by atoms with Gasteiger partial charge in [-0.2, -0.15) is 0 Å². The lowest BCUT2D eigenvalue weighted by Crippen LogP contribution is -1.91. The van der Waals surface area contributed by atoms with E-state index in [4.69, 9.17) is 0 Å². The van der Waals surface area contributed by atoms with Crippen molar-refractivity contribution in [2.75, 3.05) is 0 Å². The van der Waals surface area contributed by atoms with Gasteiger partial charge in [-0.15, -0.1) is 11.3 Å². The normalized spacial score (nSPS) is 11.8. The van der Waals surface area contributed by atoms with Gasteiger partial charge in [-0.05, 0) is 107 Å². The van der Waals surface area contributed by atoms with Crippen LogP contribution in [0.5, 0.6) is 0 Å². The Labute approximate surface area is 276 Å². The Morgan fingerprint density at radius 3 is 1.38 bits per heavy atom. The number of thiophene rings is 1. The molecule has 0 amide bonds. The van der Waals surface area contributed by atoms with Gasteiger partial charge in [0, 0.05) is 20.2 Å². The Morgan fingerprint density at radius 1 is 0.255 bits per heavy atom. The number of fused-ring (bicyclic) bond motifs is 7. The third kappa shape index (κ3) is 4.21. The van der Waals surface area contributed by atoms with Crippen LogP contribution in [0.15, 0.2) is 170 Å². The fourth-order valence-corrected chi connectivity index (χ4v) is 8.68. The number of rotatable bonds is 3. The zero-order valence-corrected chi connectivity index (χ0v) is 26.4. The topological polar surface area (TPSA) is 0 Å². The molecule has 0 unspecified atom stereocenters. The van der Waals surface area contributed by atoms with Crippen LogP contribution < -0.4 is 0 Å². The smallest absolute Gasteiger partial charge is 0.0361 e. The molecular formula is C46H28S. The minimum Gasteiger partial charge on any atom is -0.135 e. The van der Waals surface area contributed by atoms with Gasteiger partial charge in [0.2, 0.25) is 0 Å². The summed E-state index contributed by atoms with van der Waals surface area (Å²) in [4.78, 5) is 0. The Bertz CT molecular complexity index is 2780. The van der Waals surface area contributed by atoms with Gasteiger partial charge < -0.3 is 0 Å². The molecule has 0 fully saturated rings. The van der Waals surface area contributed by atoms with Crippen LogP contribution in [0, 0.1) is 0 Å². The fourth-order valence-electron chi connectivity index (χ4n) is 7.57. The highest BCUT2D eigenvalue weighted by atomic mass is 32.1. The predicted octanol–water partition coefficient (Wildman–Crippen LogP) is 13.7. The van der Waals surface area contributed by atoms with E-state index in [1.54, 1.807) is 0 Å². The second kappa shape index (κ2) is 10.4. The molecule has 0 bridgehead atoms. The van der Waals surface area contributed by atoms with Crippen LogP contribution in [0.4, 0.5) is 0 Å². The summed E-state index contributed by atoms with van der Waals surface area (Å²) < 4.78 is 2.67. The van der Waals surface area contributed by atoms with Crippen molar-refractivity contribution in [1.82, 2.24) is 0 Å². The van der Waals surface area contributed by atoms with Gasteiger partial charge in [0.25, 0.3) is 0 Å². The zero-order chi connectivity index (χ0) is 30.9. The highest BCUT2D eigenvalue weighted by Crippen LogP contribution is 2.46. The largest absolute Gasteiger partial charge is 0.135 e. The number of hydrogen-bond acceptors (Lipinski definition) is 1. The molecule has 218 valence electrons. The summed E-state index contributed by atoms with van der Waals surface area (Å²) in [6.07, 6.45) is 0. The molecule has 0 radical (unpaired) electrons. The first kappa shape index (κ1) is 26.5. The van der Waals surface area contributed by atoms with Crippen molar-refractivity contribution in [3.8, 4) is 33.4 Å². The minimum absolute atomic E-state index is 1.23. The molecule has 1 heteroatoms. The maximum atomic E-state index is 2.43. The molecule has 1 aromatic heterocycles. The van der Waals surface area contributed by atoms with Crippen LogP contribution in [0.3, 0.4) is 0 Å². The maximum Gasteiger partial charge on any atom is 0.0361 e. The van der Waals surface area contributed by atoms with Crippen LogP contribution >= 0.6 is 11.3 Å². The van der Waals surface area contributed by atoms with Gasteiger partial charge in [0.1, 0.15) is 0 Å². The van der Waals surface area contributed by atoms with Crippen molar-refractivity contribution < 1.29 is 0 Å². The van der Waals surface area contributed by atoms with Crippen molar-refractivity contribution in [2.24, 2.45) is 0 Å². The molecule has 10 rings (SSSR count). The summed E-state index contributed by atoms with van der Waals surface area (Å²) in [5.41, 5.74) is 7.56. The molecule has 0 nitrogen and oxygen atoms in total. The quantitative estimate of drug-likeness (QED) is 0.174. The molecule has 0 atom stereocenters. The fraction of sp³-hybridized carbons (Fsp3) is 0. The van der Waals surface area contributed by atoms with Crippen LogP contribution in [-0.4, -0.2) is 0 Å². The van der Waals surface area contributed by atoms with Gasteiger partial charge in [0.15, 0.2) is 0 Å². The third-order valence-electron chi connectivity index (χ3n) is 9.81. The number of benzene rings is 9. The molecule has 47 heavy (non-hydrogen) atoms. The highest BCUT2D eigenvalue weighted by Gasteiger charge is 2.18. The van der Waals surface area contributed by atoms with E-state index >= 15 is 0 Å². The number of hydrogen-bond donors (Lipinski definition) is 0. The molecular weight excluding hydrogens is 585 g/mol. The van der Waals surface area contributed by atoms with E-state index in [-0.39, 0.29) is 0 Å². The molecule has 0 saturated carbocycles. The first-order valence-corrected chi connectivity index (χ1v) is 17.0. The van der Waals surface area contributed by atoms with E-state index in [1.807, 2.05) is 11.3 Å². The van der Waals surface area contributed by atoms with Crippen LogP contribution in [0.25, 0.3) is 96.6 Å². The van der Waals surface area contributed by atoms with E-state index in [1.165, 1.54) is 96.6 Å². The molecule has 0 spiro atoms. The Kier molecular flexibility index (Phi) is 5.85. The third-order valence-corrected chi connectivity index (χ3v) is 10.9. The van der Waals surface area contributed by atoms with E-state index < -0.39 is 0 Å². The van der Waals surface area contributed by atoms with Crippen LogP contribution in [0.2, 0.25) is 0 Å². The average molecular weight is 613 g/mol. The summed E-state index contributed by atoms with van der Waals surface area (Å²) in [5, 5.41) is 12.9. The molecule has 1 heterocycles. The van der Waals surface area contributed by atoms with Gasteiger partial charge in [-0.25, -0.2) is 0 Å². The lowest BCUT2D eigenvalue weighted by Gasteiger charge is -2.18. The van der Waals surface area contributed by atoms with Gasteiger partial charge >= 0.3 is 0 Å². The maximum absolute atomic E-state index is 2.43. The Balaban J connectivity index is 1.17. The zero-order valence-electron chi connectivity index (χ0n) is 25.6. The average Bonchev–Trinajstić information content (AvgIpc) is 3.49. The lowest BCUT2D eigenvalue weighted by molar-refractivity contribution is 1.63. The second-order valence-electron chi connectivity index (χ2n) is 12.5. The first-order chi connectivity index (χ1) is 23.3. The van der Waals surface area contributed by atoms with Crippen molar-refractivity contribution in [3.63, 3.8) is 0 Å². The van der Waals surface area contributed by atoms with E-state index in [0.717, 1.165) is 0 Å². The predicted molar refractivity (Wildman–Crippen MR) is 206 cm³/mol. The van der Waals surface area contributed by atoms with E-state index in [2.05, 4.69) is 170 Å². The van der Waals surface area contributed by atoms with Crippen molar-refractivity contribution in [3.05, 3.63) is 170 Å². The molecule has 0 N–H and O–H groups in total. The van der Waals surface area contributed by atoms with Crippen LogP contribution in [0.1, 0.15) is 0 Å². The van der Waals surface area contributed by atoms with Gasteiger partial charge in [-0.1, -0.05) is 140 Å². The summed E-state index contributed by atoms with van der Waals surface area (Å²) in [6.45, 7) is 0. The monoisotopic (exact) mass is 612 g/mol. The standard InChI is InChI=1S/C46H28S/c1-2-10-32-25-35(22-19-29(32)9-1)30-17-20-31(21-18-30)45-37-13-5-7-15-39(37)46(40-16-8-6-14-38(40)45)36-23-24-43-41(27-36)42-26-33-11-3-4-12-34(33)28-44(42)47-43/h1-28H. The van der Waals surface area contributed by atoms with Crippen LogP contribution in [-0.2, 0) is 0 Å². The SMILES string of the molecule is c1ccc2cc(-c3ccc(-c4c5ccccc5c(-c5ccc6sc7cc8ccccc8cc7c6c5)c5ccccc45)cc3)ccc2c1. The molecule has 10 aromatic rings. The Hall–Kier alpha value is -5.76. The van der Waals surface area contributed by atoms with Gasteiger partial charge in [0.05, 0.1) is 0 Å². The first-order valence-electron chi connectivity index (χ1n) is 16.2. The lowest BCUT2D eigenvalue weighted by atomic mass is 9.85. The molecule has 0 aliphatic carbocycles. The van der Waals surface area contributed by atoms with E-state index in [9.17, 15) is 0 Å². The van der Waals surface area contributed by atoms with Crippen molar-refractivity contribution >= 4 is 74.6 Å².